The summed E-state index contributed by atoms with van der Waals surface area (Å²) in [6, 6.07) is 5.73. The molecule has 0 saturated heterocycles. The molecule has 18 heavy (non-hydrogen) atoms. The van der Waals surface area contributed by atoms with Crippen LogP contribution >= 0.6 is 11.6 Å². The van der Waals surface area contributed by atoms with E-state index in [0.717, 1.165) is 24.1 Å². The summed E-state index contributed by atoms with van der Waals surface area (Å²) < 4.78 is 5.53. The Morgan fingerprint density at radius 3 is 2.94 bits per heavy atom. The van der Waals surface area contributed by atoms with Gasteiger partial charge in [0.15, 0.2) is 5.82 Å². The number of aromatic nitrogens is 3. The third kappa shape index (κ3) is 2.04. The predicted molar refractivity (Wildman–Crippen MR) is 68.8 cm³/mol. The molecule has 0 bridgehead atoms. The average molecular weight is 262 g/mol. The number of nitrogens with zero attached hydrogens (tertiary/aromatic N) is 3. The normalized spacial score (nSPS) is 13.9. The van der Waals surface area contributed by atoms with Gasteiger partial charge in [-0.3, -0.25) is 0 Å². The summed E-state index contributed by atoms with van der Waals surface area (Å²) in [6.07, 6.45) is 1.83. The molecule has 0 spiro atoms. The van der Waals surface area contributed by atoms with Crippen LogP contribution in [0.5, 0.6) is 5.88 Å². The van der Waals surface area contributed by atoms with Crippen molar-refractivity contribution in [3.63, 3.8) is 0 Å². The molecule has 2 aromatic heterocycles. The van der Waals surface area contributed by atoms with Gasteiger partial charge in [0.25, 0.3) is 0 Å². The molecule has 4 nitrogen and oxygen atoms in total. The van der Waals surface area contributed by atoms with Gasteiger partial charge in [0.2, 0.25) is 5.88 Å². The first-order valence-electron chi connectivity index (χ1n) is 5.87. The number of pyridine rings is 1. The van der Waals surface area contributed by atoms with E-state index in [4.69, 9.17) is 16.3 Å². The molecule has 0 saturated carbocycles. The van der Waals surface area contributed by atoms with Crippen LogP contribution < -0.4 is 4.74 Å². The molecule has 0 N–H and O–H groups in total. The molecule has 5 heteroatoms. The van der Waals surface area contributed by atoms with Crippen LogP contribution in [0.3, 0.4) is 0 Å². The van der Waals surface area contributed by atoms with Crippen LogP contribution in [0.4, 0.5) is 0 Å². The van der Waals surface area contributed by atoms with Crippen molar-refractivity contribution in [2.75, 3.05) is 6.61 Å². The molecule has 2 aromatic rings. The highest BCUT2D eigenvalue weighted by atomic mass is 35.5. The van der Waals surface area contributed by atoms with E-state index in [1.807, 2.05) is 25.1 Å². The minimum Gasteiger partial charge on any atom is -0.477 e. The number of aryl methyl sites for hydroxylation is 1. The standard InChI is InChI=1S/C13H12ClN3O/c1-8-4-2-6-10(15-8)12-16-11(14)9-5-3-7-18-13(9)17-12/h2,4,6H,3,5,7H2,1H3. The Balaban J connectivity index is 2.11. The molecule has 0 fully saturated rings. The Morgan fingerprint density at radius 1 is 1.22 bits per heavy atom. The van der Waals surface area contributed by atoms with Gasteiger partial charge in [0.1, 0.15) is 10.8 Å². The van der Waals surface area contributed by atoms with Crippen LogP contribution in [0, 0.1) is 6.92 Å². The highest BCUT2D eigenvalue weighted by Crippen LogP contribution is 2.30. The summed E-state index contributed by atoms with van der Waals surface area (Å²) in [4.78, 5) is 13.1. The Bertz CT molecular complexity index is 601. The van der Waals surface area contributed by atoms with Gasteiger partial charge >= 0.3 is 0 Å². The van der Waals surface area contributed by atoms with E-state index < -0.39 is 0 Å². The maximum atomic E-state index is 6.18. The predicted octanol–water partition coefficient (Wildman–Crippen LogP) is 2.83. The summed E-state index contributed by atoms with van der Waals surface area (Å²) in [6.45, 7) is 2.61. The second-order valence-electron chi connectivity index (χ2n) is 4.24. The number of rotatable bonds is 1. The third-order valence-corrected chi connectivity index (χ3v) is 3.16. The molecule has 92 valence electrons. The minimum atomic E-state index is 0.470. The van der Waals surface area contributed by atoms with E-state index in [1.54, 1.807) is 0 Å². The van der Waals surface area contributed by atoms with Crippen molar-refractivity contribution in [3.05, 3.63) is 34.6 Å². The lowest BCUT2D eigenvalue weighted by atomic mass is 10.1. The molecular weight excluding hydrogens is 250 g/mol. The molecule has 3 rings (SSSR count). The first kappa shape index (κ1) is 11.4. The van der Waals surface area contributed by atoms with Crippen molar-refractivity contribution in [3.8, 4) is 17.4 Å². The second-order valence-corrected chi connectivity index (χ2v) is 4.60. The van der Waals surface area contributed by atoms with Gasteiger partial charge in [0.05, 0.1) is 12.2 Å². The lowest BCUT2D eigenvalue weighted by Gasteiger charge is -2.17. The number of halogens is 1. The zero-order valence-corrected chi connectivity index (χ0v) is 10.7. The Morgan fingerprint density at radius 2 is 2.11 bits per heavy atom. The van der Waals surface area contributed by atoms with Crippen molar-refractivity contribution < 1.29 is 4.74 Å². The van der Waals surface area contributed by atoms with Gasteiger partial charge in [-0.05, 0) is 31.9 Å². The van der Waals surface area contributed by atoms with Gasteiger partial charge in [0, 0.05) is 5.69 Å². The average Bonchev–Trinajstić information content (AvgIpc) is 2.39. The van der Waals surface area contributed by atoms with Crippen LogP contribution in [0.1, 0.15) is 17.7 Å². The Labute approximate surface area is 110 Å². The summed E-state index contributed by atoms with van der Waals surface area (Å²) in [5.41, 5.74) is 2.54. The van der Waals surface area contributed by atoms with Crippen molar-refractivity contribution >= 4 is 11.6 Å². The first-order valence-corrected chi connectivity index (χ1v) is 6.25. The fourth-order valence-electron chi connectivity index (χ4n) is 1.97. The molecule has 1 aliphatic rings. The van der Waals surface area contributed by atoms with Gasteiger partial charge in [-0.15, -0.1) is 0 Å². The number of hydrogen-bond donors (Lipinski definition) is 0. The largest absolute Gasteiger partial charge is 0.477 e. The van der Waals surface area contributed by atoms with E-state index in [1.165, 1.54) is 0 Å². The van der Waals surface area contributed by atoms with Crippen LogP contribution in [0.15, 0.2) is 18.2 Å². The summed E-state index contributed by atoms with van der Waals surface area (Å²) >= 11 is 6.18. The number of fused-ring (bicyclic) bond motifs is 1. The molecule has 0 radical (unpaired) electrons. The fourth-order valence-corrected chi connectivity index (χ4v) is 2.22. The van der Waals surface area contributed by atoms with E-state index in [0.29, 0.717) is 29.2 Å². The Kier molecular flexibility index (Phi) is 2.88. The van der Waals surface area contributed by atoms with E-state index >= 15 is 0 Å². The van der Waals surface area contributed by atoms with Crippen LogP contribution in [0.25, 0.3) is 11.5 Å². The quantitative estimate of drug-likeness (QED) is 0.741. The highest BCUT2D eigenvalue weighted by Gasteiger charge is 2.19. The second kappa shape index (κ2) is 4.53. The fraction of sp³-hybridized carbons (Fsp3) is 0.308. The van der Waals surface area contributed by atoms with Crippen LogP contribution in [-0.2, 0) is 6.42 Å². The van der Waals surface area contributed by atoms with E-state index in [9.17, 15) is 0 Å². The van der Waals surface area contributed by atoms with Gasteiger partial charge in [-0.1, -0.05) is 17.7 Å². The van der Waals surface area contributed by atoms with E-state index in [2.05, 4.69) is 15.0 Å². The minimum absolute atomic E-state index is 0.470. The smallest absolute Gasteiger partial charge is 0.221 e. The SMILES string of the molecule is Cc1cccc(-c2nc(Cl)c3c(n2)OCCC3)n1. The molecule has 0 aliphatic carbocycles. The lowest BCUT2D eigenvalue weighted by molar-refractivity contribution is 0.276. The number of ether oxygens (including phenoxy) is 1. The van der Waals surface area contributed by atoms with Gasteiger partial charge < -0.3 is 4.74 Å². The number of hydrogen-bond acceptors (Lipinski definition) is 4. The van der Waals surface area contributed by atoms with E-state index in [-0.39, 0.29) is 0 Å². The molecule has 1 aliphatic heterocycles. The Hall–Kier alpha value is -1.68. The maximum Gasteiger partial charge on any atom is 0.221 e. The van der Waals surface area contributed by atoms with Crippen molar-refractivity contribution in [1.29, 1.82) is 0 Å². The zero-order chi connectivity index (χ0) is 12.5. The molecule has 0 unspecified atom stereocenters. The van der Waals surface area contributed by atoms with Crippen LogP contribution in [-0.4, -0.2) is 21.6 Å². The molecular formula is C13H12ClN3O. The molecule has 3 heterocycles. The maximum absolute atomic E-state index is 6.18. The molecule has 0 aromatic carbocycles. The van der Waals surface area contributed by atoms with Crippen molar-refractivity contribution in [2.45, 2.75) is 19.8 Å². The zero-order valence-electron chi connectivity index (χ0n) is 9.98. The van der Waals surface area contributed by atoms with Crippen molar-refractivity contribution in [1.82, 2.24) is 15.0 Å². The van der Waals surface area contributed by atoms with Gasteiger partial charge in [-0.25, -0.2) is 9.97 Å². The summed E-state index contributed by atoms with van der Waals surface area (Å²) in [7, 11) is 0. The highest BCUT2D eigenvalue weighted by molar-refractivity contribution is 6.30. The van der Waals surface area contributed by atoms with Crippen LogP contribution in [0.2, 0.25) is 5.15 Å². The lowest BCUT2D eigenvalue weighted by Crippen LogP contribution is -2.12. The summed E-state index contributed by atoms with van der Waals surface area (Å²) in [5.74, 6) is 1.11. The summed E-state index contributed by atoms with van der Waals surface area (Å²) in [5, 5.41) is 0.470. The first-order chi connectivity index (χ1) is 8.74. The molecule has 0 atom stereocenters. The monoisotopic (exact) mass is 261 g/mol. The van der Waals surface area contributed by atoms with Gasteiger partial charge in [-0.2, -0.15) is 4.98 Å². The van der Waals surface area contributed by atoms with Crippen molar-refractivity contribution in [2.24, 2.45) is 0 Å². The topological polar surface area (TPSA) is 47.9 Å². The molecule has 0 amide bonds. The third-order valence-electron chi connectivity index (χ3n) is 2.85.